The third-order valence-electron chi connectivity index (χ3n) is 12.8. The Morgan fingerprint density at radius 3 is 2.36 bits per heavy atom. The van der Waals surface area contributed by atoms with Crippen LogP contribution in [0.3, 0.4) is 0 Å². The third-order valence-corrected chi connectivity index (χ3v) is 14.8. The number of hydrogen-bond donors (Lipinski definition) is 1. The number of carbonyl (C=O) groups is 2. The number of anilines is 1. The van der Waals surface area contributed by atoms with Crippen LogP contribution in [0.4, 0.5) is 5.82 Å². The number of ether oxygens (including phenoxy) is 1. The van der Waals surface area contributed by atoms with Gasteiger partial charge in [0.25, 0.3) is 0 Å². The van der Waals surface area contributed by atoms with Crippen molar-refractivity contribution in [2.75, 3.05) is 37.7 Å². The number of thiazole rings is 2. The Kier molecular flexibility index (Phi) is 10.5. The number of nitrogens with zero attached hydrogens (tertiary/aromatic N) is 7. The summed E-state index contributed by atoms with van der Waals surface area (Å²) < 4.78 is 7.33. The molecule has 5 aliphatic heterocycles. The standard InChI is InChI=1S/C45H50N8O3S2/c1-29(54)53-28-36-23-37(53)27-51(36)26-32-8-6-31(7-9-32)25-50-17-3-5-40-45(50)49-43(58-40)24-41(55)47-33-21-34-12-13-35(22-33)52(34)18-19-56-38-14-10-30(11-15-38)20-42-48-44-39(57-42)4-2-16-46-44/h2-11,14-16,33-37H,12-13,17-28H2,1H3,(H,47,55)/t33?,34-,35+,36-,37-/m0/s1. The van der Waals surface area contributed by atoms with Gasteiger partial charge < -0.3 is 19.9 Å². The second kappa shape index (κ2) is 16.2. The van der Waals surface area contributed by atoms with Crippen molar-refractivity contribution >= 4 is 56.7 Å². The lowest BCUT2D eigenvalue weighted by Crippen LogP contribution is -2.51. The van der Waals surface area contributed by atoms with E-state index < -0.39 is 0 Å². The predicted octanol–water partition coefficient (Wildman–Crippen LogP) is 6.31. The summed E-state index contributed by atoms with van der Waals surface area (Å²) in [4.78, 5) is 50.0. The normalized spacial score (nSPS) is 23.8. The maximum Gasteiger partial charge on any atom is 0.227 e. The van der Waals surface area contributed by atoms with Crippen LogP contribution < -0.4 is 15.0 Å². The van der Waals surface area contributed by atoms with E-state index in [9.17, 15) is 9.59 Å². The molecule has 0 saturated carbocycles. The Labute approximate surface area is 347 Å². The maximum absolute atomic E-state index is 13.4. The molecule has 11 nitrogen and oxygen atoms in total. The fourth-order valence-electron chi connectivity index (χ4n) is 10.0. The van der Waals surface area contributed by atoms with Gasteiger partial charge in [-0.25, -0.2) is 15.0 Å². The summed E-state index contributed by atoms with van der Waals surface area (Å²) in [5, 5.41) is 5.33. The average Bonchev–Trinajstić information content (AvgIpc) is 4.05. The van der Waals surface area contributed by atoms with Gasteiger partial charge in [0.05, 0.1) is 16.0 Å². The Bertz CT molecular complexity index is 2260. The van der Waals surface area contributed by atoms with Gasteiger partial charge in [-0.05, 0) is 79.1 Å². The minimum Gasteiger partial charge on any atom is -0.492 e. The van der Waals surface area contributed by atoms with E-state index in [0.717, 1.165) is 102 Å². The van der Waals surface area contributed by atoms with Crippen molar-refractivity contribution in [1.82, 2.24) is 35.0 Å². The Morgan fingerprint density at radius 1 is 0.845 bits per heavy atom. The molecule has 4 fully saturated rings. The highest BCUT2D eigenvalue weighted by molar-refractivity contribution is 7.18. The molecule has 13 heteroatoms. The first-order chi connectivity index (χ1) is 28.4. The molecule has 2 amide bonds. The van der Waals surface area contributed by atoms with Crippen molar-refractivity contribution in [1.29, 1.82) is 0 Å². The molecule has 5 atom stereocenters. The molecule has 2 aromatic carbocycles. The summed E-state index contributed by atoms with van der Waals surface area (Å²) >= 11 is 3.33. The fourth-order valence-corrected chi connectivity index (χ4v) is 12.0. The number of piperazine rings is 1. The summed E-state index contributed by atoms with van der Waals surface area (Å²) in [7, 11) is 0. The van der Waals surface area contributed by atoms with Gasteiger partial charge >= 0.3 is 0 Å². The first-order valence-corrected chi connectivity index (χ1v) is 22.5. The highest BCUT2D eigenvalue weighted by Gasteiger charge is 2.44. The van der Waals surface area contributed by atoms with Crippen molar-refractivity contribution in [3.63, 3.8) is 0 Å². The second-order valence-electron chi connectivity index (χ2n) is 16.7. The number of pyridine rings is 1. The second-order valence-corrected chi connectivity index (χ2v) is 18.9. The van der Waals surface area contributed by atoms with E-state index in [-0.39, 0.29) is 17.9 Å². The average molecular weight is 815 g/mol. The van der Waals surface area contributed by atoms with Crippen LogP contribution in [0.25, 0.3) is 16.4 Å². The Morgan fingerprint density at radius 2 is 1.62 bits per heavy atom. The molecular weight excluding hydrogens is 765 g/mol. The van der Waals surface area contributed by atoms with E-state index in [4.69, 9.17) is 9.72 Å². The van der Waals surface area contributed by atoms with Crippen LogP contribution in [0.1, 0.15) is 70.6 Å². The number of aromatic nitrogens is 3. The number of amides is 2. The minimum absolute atomic E-state index is 0.0712. The monoisotopic (exact) mass is 814 g/mol. The topological polar surface area (TPSA) is 107 Å². The van der Waals surface area contributed by atoms with Gasteiger partial charge in [-0.15, -0.1) is 22.7 Å². The zero-order chi connectivity index (χ0) is 39.2. The zero-order valence-corrected chi connectivity index (χ0v) is 34.6. The summed E-state index contributed by atoms with van der Waals surface area (Å²) in [6.07, 6.45) is 12.7. The third kappa shape index (κ3) is 8.01. The van der Waals surface area contributed by atoms with Crippen molar-refractivity contribution in [3.8, 4) is 5.75 Å². The zero-order valence-electron chi connectivity index (χ0n) is 33.0. The molecule has 1 unspecified atom stereocenters. The van der Waals surface area contributed by atoms with Crippen LogP contribution in [0.15, 0.2) is 72.9 Å². The number of benzene rings is 2. The Balaban J connectivity index is 0.670. The van der Waals surface area contributed by atoms with Crippen molar-refractivity contribution in [3.05, 3.63) is 105 Å². The van der Waals surface area contributed by atoms with Gasteiger partial charge in [0.1, 0.15) is 28.2 Å². The summed E-state index contributed by atoms with van der Waals surface area (Å²) in [6, 6.07) is 23.4. The van der Waals surface area contributed by atoms with Crippen LogP contribution in [0.2, 0.25) is 0 Å². The number of likely N-dealkylation sites (tertiary alicyclic amines) is 2. The Hall–Kier alpha value is -4.69. The first-order valence-electron chi connectivity index (χ1n) is 20.8. The van der Waals surface area contributed by atoms with Gasteiger partial charge in [-0.2, -0.15) is 0 Å². The SMILES string of the molecule is CC(=O)N1C[C@@H]2C[C@H]1CN2Cc1ccc(CN2CC=Cc3sc(CC(=O)NC4C[C@H]5CC[C@@H](C4)N5CCOc4ccc(Cc5nc6ncccc6s5)cc4)nc32)cc1. The fraction of sp³-hybridized carbons (Fsp3) is 0.444. The highest BCUT2D eigenvalue weighted by atomic mass is 32.1. The lowest BCUT2D eigenvalue weighted by molar-refractivity contribution is -0.131. The van der Waals surface area contributed by atoms with Gasteiger partial charge in [-0.3, -0.25) is 19.4 Å². The largest absolute Gasteiger partial charge is 0.492 e. The molecule has 3 aromatic heterocycles. The minimum atomic E-state index is 0.0712. The molecule has 0 spiro atoms. The van der Waals surface area contributed by atoms with E-state index in [0.29, 0.717) is 37.2 Å². The molecule has 4 bridgehead atoms. The molecule has 4 saturated heterocycles. The lowest BCUT2D eigenvalue weighted by atomic mass is 9.97. The molecule has 10 rings (SSSR count). The van der Waals surface area contributed by atoms with Gasteiger partial charge in [-0.1, -0.05) is 42.5 Å². The van der Waals surface area contributed by atoms with Crippen LogP contribution in [-0.4, -0.2) is 104 Å². The number of rotatable bonds is 13. The van der Waals surface area contributed by atoms with E-state index >= 15 is 0 Å². The van der Waals surface area contributed by atoms with Crippen molar-refractivity contribution in [2.24, 2.45) is 0 Å². The first kappa shape index (κ1) is 37.6. The van der Waals surface area contributed by atoms with Gasteiger partial charge in [0.15, 0.2) is 5.65 Å². The molecule has 0 aliphatic carbocycles. The summed E-state index contributed by atoms with van der Waals surface area (Å²) in [6.45, 7) is 7.58. The van der Waals surface area contributed by atoms with Crippen LogP contribution >= 0.6 is 22.7 Å². The van der Waals surface area contributed by atoms with E-state index in [2.05, 4.69) is 96.7 Å². The number of nitrogens with one attached hydrogen (secondary N) is 1. The predicted molar refractivity (Wildman–Crippen MR) is 229 cm³/mol. The number of piperidine rings is 1. The molecule has 5 aliphatic rings. The molecule has 300 valence electrons. The van der Waals surface area contributed by atoms with E-state index in [1.165, 1.54) is 29.5 Å². The number of carbonyl (C=O) groups excluding carboxylic acids is 2. The van der Waals surface area contributed by atoms with Gasteiger partial charge in [0.2, 0.25) is 11.8 Å². The highest BCUT2D eigenvalue weighted by Crippen LogP contribution is 2.37. The molecule has 5 aromatic rings. The van der Waals surface area contributed by atoms with E-state index in [1.807, 2.05) is 11.0 Å². The van der Waals surface area contributed by atoms with Crippen LogP contribution in [0.5, 0.6) is 5.75 Å². The van der Waals surface area contributed by atoms with E-state index in [1.54, 1.807) is 35.8 Å². The van der Waals surface area contributed by atoms with Crippen molar-refractivity contribution in [2.45, 2.75) is 95.2 Å². The van der Waals surface area contributed by atoms with Crippen molar-refractivity contribution < 1.29 is 14.3 Å². The molecular formula is C45H50N8O3S2. The smallest absolute Gasteiger partial charge is 0.227 e. The molecule has 0 radical (unpaired) electrons. The maximum atomic E-state index is 13.4. The quantitative estimate of drug-likeness (QED) is 0.147. The molecule has 1 N–H and O–H groups in total. The van der Waals surface area contributed by atoms with Gasteiger partial charge in [0, 0.05) is 89.0 Å². The summed E-state index contributed by atoms with van der Waals surface area (Å²) in [5.74, 6) is 2.15. The summed E-state index contributed by atoms with van der Waals surface area (Å²) in [5.41, 5.74) is 4.60. The number of hydrogen-bond acceptors (Lipinski definition) is 11. The number of fused-ring (bicyclic) bond motifs is 6. The lowest BCUT2D eigenvalue weighted by Gasteiger charge is -2.39. The van der Waals surface area contributed by atoms with Crippen LogP contribution in [0, 0.1) is 0 Å². The molecule has 8 heterocycles. The van der Waals surface area contributed by atoms with Crippen LogP contribution in [-0.2, 0) is 35.5 Å². The molecule has 58 heavy (non-hydrogen) atoms.